The zero-order valence-electron chi connectivity index (χ0n) is 12.1. The summed E-state index contributed by atoms with van der Waals surface area (Å²) in [6.07, 6.45) is -0.0550. The predicted octanol–water partition coefficient (Wildman–Crippen LogP) is 1.08. The summed E-state index contributed by atoms with van der Waals surface area (Å²) < 4.78 is 5.09. The minimum absolute atomic E-state index is 0.143. The molecule has 0 aliphatic heterocycles. The Labute approximate surface area is 122 Å². The Hall–Kier alpha value is -2.25. The Morgan fingerprint density at radius 1 is 1.52 bits per heavy atom. The summed E-state index contributed by atoms with van der Waals surface area (Å²) in [7, 11) is 1.54. The lowest BCUT2D eigenvalue weighted by atomic mass is 10.2. The van der Waals surface area contributed by atoms with Crippen molar-refractivity contribution in [3.63, 3.8) is 0 Å². The van der Waals surface area contributed by atoms with Crippen LogP contribution in [0, 0.1) is 6.92 Å². The van der Waals surface area contributed by atoms with Gasteiger partial charge in [0.15, 0.2) is 5.82 Å². The first kappa shape index (κ1) is 15.1. The number of nitrogens with two attached hydrogens (primary N) is 1. The number of H-pyrrole nitrogens is 1. The molecule has 2 rings (SSSR count). The summed E-state index contributed by atoms with van der Waals surface area (Å²) in [6, 6.07) is 7.36. The van der Waals surface area contributed by atoms with E-state index >= 15 is 0 Å². The normalized spacial score (nSPS) is 12.1. The van der Waals surface area contributed by atoms with Crippen molar-refractivity contribution in [2.45, 2.75) is 19.4 Å². The number of hydrogen-bond donors (Lipinski definition) is 3. The van der Waals surface area contributed by atoms with Crippen LogP contribution >= 0.6 is 0 Å². The lowest BCUT2D eigenvalue weighted by Crippen LogP contribution is -2.28. The smallest absolute Gasteiger partial charge is 0.227 e. The molecule has 2 aromatic rings. The average molecular weight is 289 g/mol. The Morgan fingerprint density at radius 3 is 2.95 bits per heavy atom. The van der Waals surface area contributed by atoms with Crippen molar-refractivity contribution in [2.75, 3.05) is 19.0 Å². The highest BCUT2D eigenvalue weighted by molar-refractivity contribution is 5.91. The molecular formula is C14H19N5O2. The van der Waals surface area contributed by atoms with E-state index in [-0.39, 0.29) is 18.4 Å². The number of carbonyl (C=O) groups is 1. The van der Waals surface area contributed by atoms with Gasteiger partial charge in [-0.1, -0.05) is 12.1 Å². The average Bonchev–Trinajstić information content (AvgIpc) is 2.91. The molecule has 1 aromatic heterocycles. The SMILES string of the molecule is COC(CN)CC(=O)Nc1cccc(-c2n[nH]c(C)n2)c1. The van der Waals surface area contributed by atoms with Gasteiger partial charge in [-0.3, -0.25) is 9.89 Å². The van der Waals surface area contributed by atoms with Gasteiger partial charge in [-0.15, -0.1) is 0 Å². The van der Waals surface area contributed by atoms with E-state index in [2.05, 4.69) is 20.5 Å². The summed E-state index contributed by atoms with van der Waals surface area (Å²) in [5, 5.41) is 9.70. The highest BCUT2D eigenvalue weighted by atomic mass is 16.5. The summed E-state index contributed by atoms with van der Waals surface area (Å²) in [6.45, 7) is 2.14. The topological polar surface area (TPSA) is 106 Å². The van der Waals surface area contributed by atoms with Crippen molar-refractivity contribution in [1.82, 2.24) is 15.2 Å². The second-order valence-electron chi connectivity index (χ2n) is 4.67. The third-order valence-electron chi connectivity index (χ3n) is 3.01. The first-order valence-electron chi connectivity index (χ1n) is 6.64. The zero-order valence-corrected chi connectivity index (χ0v) is 12.1. The number of nitrogens with one attached hydrogen (secondary N) is 2. The Bertz CT molecular complexity index is 607. The van der Waals surface area contributed by atoms with Crippen LogP contribution in [-0.2, 0) is 9.53 Å². The van der Waals surface area contributed by atoms with Gasteiger partial charge in [0.25, 0.3) is 0 Å². The molecule has 0 saturated heterocycles. The van der Waals surface area contributed by atoms with Crippen LogP contribution in [0.3, 0.4) is 0 Å². The number of aromatic nitrogens is 3. The molecule has 21 heavy (non-hydrogen) atoms. The van der Waals surface area contributed by atoms with Gasteiger partial charge in [0.05, 0.1) is 12.5 Å². The minimum atomic E-state index is -0.274. The summed E-state index contributed by atoms with van der Waals surface area (Å²) in [5.41, 5.74) is 7.02. The van der Waals surface area contributed by atoms with Crippen molar-refractivity contribution in [3.05, 3.63) is 30.1 Å². The van der Waals surface area contributed by atoms with E-state index in [9.17, 15) is 4.79 Å². The highest BCUT2D eigenvalue weighted by Crippen LogP contribution is 2.19. The number of amides is 1. The number of aromatic amines is 1. The molecule has 7 heteroatoms. The Balaban J connectivity index is 2.06. The molecule has 0 bridgehead atoms. The van der Waals surface area contributed by atoms with Crippen LogP contribution in [0.25, 0.3) is 11.4 Å². The maximum atomic E-state index is 11.9. The van der Waals surface area contributed by atoms with Crippen LogP contribution in [0.2, 0.25) is 0 Å². The monoisotopic (exact) mass is 289 g/mol. The molecule has 1 unspecified atom stereocenters. The van der Waals surface area contributed by atoms with Crippen LogP contribution in [0.15, 0.2) is 24.3 Å². The molecular weight excluding hydrogens is 270 g/mol. The van der Waals surface area contributed by atoms with E-state index in [1.165, 1.54) is 7.11 Å². The molecule has 0 radical (unpaired) electrons. The molecule has 1 amide bonds. The first-order chi connectivity index (χ1) is 10.1. The molecule has 0 spiro atoms. The third-order valence-corrected chi connectivity index (χ3v) is 3.01. The van der Waals surface area contributed by atoms with Crippen LogP contribution in [-0.4, -0.2) is 40.8 Å². The minimum Gasteiger partial charge on any atom is -0.380 e. The number of benzene rings is 1. The number of hydrogen-bond acceptors (Lipinski definition) is 5. The first-order valence-corrected chi connectivity index (χ1v) is 6.64. The lowest BCUT2D eigenvalue weighted by molar-refractivity contribution is -0.118. The molecule has 112 valence electrons. The summed E-state index contributed by atoms with van der Waals surface area (Å²) >= 11 is 0. The predicted molar refractivity (Wildman–Crippen MR) is 79.7 cm³/mol. The van der Waals surface area contributed by atoms with E-state index in [1.807, 2.05) is 31.2 Å². The molecule has 1 aromatic carbocycles. The second kappa shape index (κ2) is 6.96. The highest BCUT2D eigenvalue weighted by Gasteiger charge is 2.12. The van der Waals surface area contributed by atoms with E-state index in [4.69, 9.17) is 10.5 Å². The van der Waals surface area contributed by atoms with Crippen LogP contribution in [0.1, 0.15) is 12.2 Å². The molecule has 0 aliphatic carbocycles. The molecule has 0 aliphatic rings. The number of ether oxygens (including phenoxy) is 1. The fourth-order valence-corrected chi connectivity index (χ4v) is 1.89. The van der Waals surface area contributed by atoms with Crippen molar-refractivity contribution < 1.29 is 9.53 Å². The number of aryl methyl sites for hydroxylation is 1. The van der Waals surface area contributed by atoms with Crippen molar-refractivity contribution in [1.29, 1.82) is 0 Å². The Kier molecular flexibility index (Phi) is 5.02. The number of anilines is 1. The van der Waals surface area contributed by atoms with Crippen molar-refractivity contribution in [2.24, 2.45) is 5.73 Å². The lowest BCUT2D eigenvalue weighted by Gasteiger charge is -2.12. The van der Waals surface area contributed by atoms with Crippen LogP contribution < -0.4 is 11.1 Å². The van der Waals surface area contributed by atoms with Gasteiger partial charge < -0.3 is 15.8 Å². The fourth-order valence-electron chi connectivity index (χ4n) is 1.89. The molecule has 1 heterocycles. The number of methoxy groups -OCH3 is 1. The standard InChI is InChI=1S/C14H19N5O2/c1-9-16-14(19-18-9)10-4-3-5-11(6-10)17-13(20)7-12(8-15)21-2/h3-6,12H,7-8,15H2,1-2H3,(H,17,20)(H,16,18,19). The molecule has 0 fully saturated rings. The van der Waals surface area contributed by atoms with E-state index in [0.717, 1.165) is 11.4 Å². The van der Waals surface area contributed by atoms with Gasteiger partial charge in [-0.2, -0.15) is 5.10 Å². The van der Waals surface area contributed by atoms with Crippen LogP contribution in [0.5, 0.6) is 0 Å². The van der Waals surface area contributed by atoms with Crippen molar-refractivity contribution >= 4 is 11.6 Å². The molecule has 1 atom stereocenters. The Morgan fingerprint density at radius 2 is 2.33 bits per heavy atom. The van der Waals surface area contributed by atoms with Gasteiger partial charge in [-0.05, 0) is 19.1 Å². The quantitative estimate of drug-likeness (QED) is 0.738. The number of nitrogens with zero attached hydrogens (tertiary/aromatic N) is 2. The van der Waals surface area contributed by atoms with E-state index in [0.29, 0.717) is 18.1 Å². The van der Waals surface area contributed by atoms with Gasteiger partial charge in [0, 0.05) is 24.9 Å². The fraction of sp³-hybridized carbons (Fsp3) is 0.357. The van der Waals surface area contributed by atoms with Gasteiger partial charge in [0.2, 0.25) is 5.91 Å². The second-order valence-corrected chi connectivity index (χ2v) is 4.67. The maximum Gasteiger partial charge on any atom is 0.227 e. The zero-order chi connectivity index (χ0) is 15.2. The summed E-state index contributed by atoms with van der Waals surface area (Å²) in [5.74, 6) is 1.20. The maximum absolute atomic E-state index is 11.9. The molecule has 7 nitrogen and oxygen atoms in total. The third kappa shape index (κ3) is 4.11. The molecule has 4 N–H and O–H groups in total. The number of carbonyl (C=O) groups excluding carboxylic acids is 1. The van der Waals surface area contributed by atoms with Crippen molar-refractivity contribution in [3.8, 4) is 11.4 Å². The van der Waals surface area contributed by atoms with Gasteiger partial charge >= 0.3 is 0 Å². The number of rotatable bonds is 6. The molecule has 0 saturated carbocycles. The summed E-state index contributed by atoms with van der Waals surface area (Å²) in [4.78, 5) is 16.2. The van der Waals surface area contributed by atoms with E-state index in [1.54, 1.807) is 0 Å². The van der Waals surface area contributed by atoms with Gasteiger partial charge in [0.1, 0.15) is 5.82 Å². The van der Waals surface area contributed by atoms with E-state index < -0.39 is 0 Å². The van der Waals surface area contributed by atoms with Gasteiger partial charge in [-0.25, -0.2) is 4.98 Å². The largest absolute Gasteiger partial charge is 0.380 e. The van der Waals surface area contributed by atoms with Crippen LogP contribution in [0.4, 0.5) is 5.69 Å².